The van der Waals surface area contributed by atoms with E-state index in [1.54, 1.807) is 6.07 Å². The number of nitrogens with one attached hydrogen (secondary N) is 1. The van der Waals surface area contributed by atoms with E-state index in [2.05, 4.69) is 17.1 Å². The third kappa shape index (κ3) is 4.23. The molecule has 1 saturated heterocycles. The lowest BCUT2D eigenvalue weighted by molar-refractivity contribution is -0.128. The van der Waals surface area contributed by atoms with Gasteiger partial charge in [-0.25, -0.2) is 4.39 Å². The molecular weight excluding hydrogens is 271 g/mol. The number of aryl methyl sites for hydroxylation is 1. The van der Waals surface area contributed by atoms with E-state index in [9.17, 15) is 9.50 Å². The van der Waals surface area contributed by atoms with Gasteiger partial charge in [0.15, 0.2) is 6.29 Å². The van der Waals surface area contributed by atoms with E-state index in [0.717, 1.165) is 25.2 Å². The van der Waals surface area contributed by atoms with Crippen LogP contribution in [0.25, 0.3) is 0 Å². The van der Waals surface area contributed by atoms with Gasteiger partial charge < -0.3 is 15.2 Å². The van der Waals surface area contributed by atoms with Crippen LogP contribution in [-0.2, 0) is 11.2 Å². The Morgan fingerprint density at radius 2 is 2.29 bits per heavy atom. The summed E-state index contributed by atoms with van der Waals surface area (Å²) >= 11 is 0. The second kappa shape index (κ2) is 7.31. The van der Waals surface area contributed by atoms with Crippen molar-refractivity contribution in [3.05, 3.63) is 35.1 Å². The van der Waals surface area contributed by atoms with Crippen LogP contribution in [0.4, 0.5) is 4.39 Å². The maximum Gasteiger partial charge on any atom is 0.170 e. The van der Waals surface area contributed by atoms with E-state index >= 15 is 0 Å². The van der Waals surface area contributed by atoms with Gasteiger partial charge in [-0.1, -0.05) is 12.1 Å². The van der Waals surface area contributed by atoms with Gasteiger partial charge in [0.2, 0.25) is 0 Å². The first kappa shape index (κ1) is 16.4. The third-order valence-corrected chi connectivity index (χ3v) is 4.08. The highest BCUT2D eigenvalue weighted by molar-refractivity contribution is 5.24. The fourth-order valence-corrected chi connectivity index (χ4v) is 2.87. The Morgan fingerprint density at radius 1 is 1.52 bits per heavy atom. The minimum Gasteiger partial charge on any atom is -0.367 e. The molecule has 0 aromatic heterocycles. The Hall–Kier alpha value is -1.01. The molecule has 0 aliphatic carbocycles. The summed E-state index contributed by atoms with van der Waals surface area (Å²) in [7, 11) is 1.48. The highest BCUT2D eigenvalue weighted by Gasteiger charge is 2.30. The molecule has 1 heterocycles. The monoisotopic (exact) mass is 296 g/mol. The quantitative estimate of drug-likeness (QED) is 0.804. The zero-order chi connectivity index (χ0) is 15.4. The van der Waals surface area contributed by atoms with Crippen molar-refractivity contribution >= 4 is 0 Å². The first-order chi connectivity index (χ1) is 10.0. The van der Waals surface area contributed by atoms with Crippen molar-refractivity contribution in [1.82, 2.24) is 10.2 Å². The molecule has 0 radical (unpaired) electrons. The Kier molecular flexibility index (Phi) is 5.70. The molecule has 1 fully saturated rings. The van der Waals surface area contributed by atoms with Crippen molar-refractivity contribution in [2.75, 3.05) is 26.7 Å². The Morgan fingerprint density at radius 3 is 2.90 bits per heavy atom. The van der Waals surface area contributed by atoms with Crippen LogP contribution in [0.2, 0.25) is 0 Å². The van der Waals surface area contributed by atoms with E-state index in [1.165, 1.54) is 13.2 Å². The van der Waals surface area contributed by atoms with Crippen LogP contribution in [0.15, 0.2) is 18.2 Å². The average molecular weight is 296 g/mol. The van der Waals surface area contributed by atoms with Crippen molar-refractivity contribution in [2.24, 2.45) is 0 Å². The van der Waals surface area contributed by atoms with Crippen LogP contribution in [0.1, 0.15) is 18.1 Å². The molecular formula is C16H25FN2O2. The highest BCUT2D eigenvalue weighted by atomic mass is 19.1. The van der Waals surface area contributed by atoms with Gasteiger partial charge in [-0.2, -0.15) is 0 Å². The van der Waals surface area contributed by atoms with Crippen LogP contribution in [0, 0.1) is 12.7 Å². The van der Waals surface area contributed by atoms with Gasteiger partial charge in [0.05, 0.1) is 6.04 Å². The second-order valence-corrected chi connectivity index (χ2v) is 5.84. The summed E-state index contributed by atoms with van der Waals surface area (Å²) in [6, 6.07) is 5.34. The standard InChI is InChI=1S/C16H25FN2O2/c1-11-4-5-13(14(17)8-11)9-15(16(20)21-3)19-7-6-18-12(2)10-19/h4-5,8,12,15-16,18,20H,6-7,9-10H2,1-3H3/t12-,15-,16?/m0/s1. The third-order valence-electron chi connectivity index (χ3n) is 4.08. The summed E-state index contributed by atoms with van der Waals surface area (Å²) in [5, 5.41) is 13.5. The molecule has 0 saturated carbocycles. The molecule has 1 unspecified atom stereocenters. The average Bonchev–Trinajstić information content (AvgIpc) is 2.45. The van der Waals surface area contributed by atoms with Crippen LogP contribution < -0.4 is 5.32 Å². The summed E-state index contributed by atoms with van der Waals surface area (Å²) in [6.07, 6.45) is -0.482. The van der Waals surface area contributed by atoms with Crippen LogP contribution >= 0.6 is 0 Å². The van der Waals surface area contributed by atoms with Crippen molar-refractivity contribution in [2.45, 2.75) is 38.6 Å². The smallest absolute Gasteiger partial charge is 0.170 e. The molecule has 1 aromatic carbocycles. The molecule has 2 N–H and O–H groups in total. The van der Waals surface area contributed by atoms with Crippen molar-refractivity contribution in [1.29, 1.82) is 0 Å². The number of hydrogen-bond donors (Lipinski definition) is 2. The van der Waals surface area contributed by atoms with E-state index in [4.69, 9.17) is 4.74 Å². The summed E-state index contributed by atoms with van der Waals surface area (Å²) < 4.78 is 19.2. The second-order valence-electron chi connectivity index (χ2n) is 5.84. The highest BCUT2D eigenvalue weighted by Crippen LogP contribution is 2.18. The topological polar surface area (TPSA) is 44.7 Å². The molecule has 1 aromatic rings. The predicted octanol–water partition coefficient (Wildman–Crippen LogP) is 1.30. The number of rotatable bonds is 5. The van der Waals surface area contributed by atoms with Crippen molar-refractivity contribution in [3.8, 4) is 0 Å². The Bertz CT molecular complexity index is 470. The molecule has 3 atom stereocenters. The SMILES string of the molecule is COC(O)[C@H](Cc1ccc(C)cc1F)N1CCN[C@@H](C)C1. The summed E-state index contributed by atoms with van der Waals surface area (Å²) in [5.41, 5.74) is 1.52. The van der Waals surface area contributed by atoms with Gasteiger partial charge in [-0.15, -0.1) is 0 Å². The molecule has 2 rings (SSSR count). The number of piperazine rings is 1. The normalized spacial score (nSPS) is 23.0. The van der Waals surface area contributed by atoms with E-state index in [-0.39, 0.29) is 11.9 Å². The maximum atomic E-state index is 14.1. The number of methoxy groups -OCH3 is 1. The number of ether oxygens (including phenoxy) is 1. The van der Waals surface area contributed by atoms with Crippen LogP contribution in [0.5, 0.6) is 0 Å². The Labute approximate surface area is 125 Å². The van der Waals surface area contributed by atoms with Gasteiger partial charge in [0.1, 0.15) is 5.82 Å². The number of nitrogens with zero attached hydrogens (tertiary/aromatic N) is 1. The van der Waals surface area contributed by atoms with Crippen LogP contribution in [0.3, 0.4) is 0 Å². The minimum atomic E-state index is -0.920. The molecule has 21 heavy (non-hydrogen) atoms. The lowest BCUT2D eigenvalue weighted by Gasteiger charge is -2.39. The van der Waals surface area contributed by atoms with Crippen molar-refractivity contribution in [3.63, 3.8) is 0 Å². The number of aliphatic hydroxyl groups is 1. The van der Waals surface area contributed by atoms with E-state index < -0.39 is 6.29 Å². The van der Waals surface area contributed by atoms with Gasteiger partial charge in [0, 0.05) is 32.8 Å². The molecule has 0 spiro atoms. The van der Waals surface area contributed by atoms with Gasteiger partial charge in [-0.05, 0) is 37.5 Å². The first-order valence-corrected chi connectivity index (χ1v) is 7.44. The predicted molar refractivity (Wildman–Crippen MR) is 80.7 cm³/mol. The zero-order valence-electron chi connectivity index (χ0n) is 13.0. The molecule has 0 amide bonds. The molecule has 1 aliphatic rings. The summed E-state index contributed by atoms with van der Waals surface area (Å²) in [5.74, 6) is -0.216. The van der Waals surface area contributed by atoms with E-state index in [0.29, 0.717) is 18.0 Å². The first-order valence-electron chi connectivity index (χ1n) is 7.44. The molecule has 118 valence electrons. The van der Waals surface area contributed by atoms with Crippen LogP contribution in [-0.4, -0.2) is 55.1 Å². The summed E-state index contributed by atoms with van der Waals surface area (Å²) in [4.78, 5) is 2.18. The Balaban J connectivity index is 2.16. The number of halogens is 1. The minimum absolute atomic E-state index is 0.216. The van der Waals surface area contributed by atoms with Crippen molar-refractivity contribution < 1.29 is 14.2 Å². The maximum absolute atomic E-state index is 14.1. The number of hydrogen-bond acceptors (Lipinski definition) is 4. The largest absolute Gasteiger partial charge is 0.367 e. The fourth-order valence-electron chi connectivity index (χ4n) is 2.87. The zero-order valence-corrected chi connectivity index (χ0v) is 13.0. The molecule has 1 aliphatic heterocycles. The number of aliphatic hydroxyl groups excluding tert-OH is 1. The van der Waals surface area contributed by atoms with Gasteiger partial charge in [-0.3, -0.25) is 4.90 Å². The van der Waals surface area contributed by atoms with Gasteiger partial charge >= 0.3 is 0 Å². The molecule has 4 nitrogen and oxygen atoms in total. The molecule has 5 heteroatoms. The fraction of sp³-hybridized carbons (Fsp3) is 0.625. The number of benzene rings is 1. The lowest BCUT2D eigenvalue weighted by Crippen LogP contribution is -2.56. The molecule has 0 bridgehead atoms. The van der Waals surface area contributed by atoms with Gasteiger partial charge in [0.25, 0.3) is 0 Å². The lowest BCUT2D eigenvalue weighted by atomic mass is 10.0. The summed E-state index contributed by atoms with van der Waals surface area (Å²) in [6.45, 7) is 6.48. The van der Waals surface area contributed by atoms with E-state index in [1.807, 2.05) is 13.0 Å².